The van der Waals surface area contributed by atoms with Gasteiger partial charge in [-0.15, -0.1) is 0 Å². The van der Waals surface area contributed by atoms with Gasteiger partial charge < -0.3 is 20.4 Å². The minimum Gasteiger partial charge on any atom is -0.481 e. The van der Waals surface area contributed by atoms with Crippen LogP contribution in [-0.2, 0) is 4.79 Å². The van der Waals surface area contributed by atoms with E-state index in [0.717, 1.165) is 19.3 Å². The summed E-state index contributed by atoms with van der Waals surface area (Å²) in [6, 6.07) is 0. The Morgan fingerprint density at radius 3 is 2.04 bits per heavy atom. The summed E-state index contributed by atoms with van der Waals surface area (Å²) in [4.78, 5) is 10.4. The van der Waals surface area contributed by atoms with E-state index >= 15 is 0 Å². The highest BCUT2D eigenvalue weighted by molar-refractivity contribution is 5.66. The van der Waals surface area contributed by atoms with Crippen LogP contribution in [0, 0.1) is 0 Å². The van der Waals surface area contributed by atoms with Gasteiger partial charge in [-0.25, -0.2) is 0 Å². The van der Waals surface area contributed by atoms with Crippen molar-refractivity contribution >= 4 is 5.97 Å². The maximum Gasteiger partial charge on any atom is 0.303 e. The van der Waals surface area contributed by atoms with Crippen LogP contribution in [0.15, 0.2) is 48.6 Å². The van der Waals surface area contributed by atoms with Gasteiger partial charge in [-0.05, 0) is 19.3 Å². The second-order valence-corrected chi connectivity index (χ2v) is 5.95. The number of aliphatic hydroxyl groups is 3. The molecule has 142 valence electrons. The Labute approximate surface area is 150 Å². The third kappa shape index (κ3) is 15.6. The summed E-state index contributed by atoms with van der Waals surface area (Å²) in [5.74, 6) is -0.854. The lowest BCUT2D eigenvalue weighted by Crippen LogP contribution is -2.23. The maximum atomic E-state index is 10.4. The van der Waals surface area contributed by atoms with Crippen LogP contribution >= 0.6 is 0 Å². The molecule has 5 nitrogen and oxygen atoms in total. The normalized spacial score (nSPS) is 16.3. The van der Waals surface area contributed by atoms with Gasteiger partial charge >= 0.3 is 5.97 Å². The molecule has 0 aliphatic heterocycles. The summed E-state index contributed by atoms with van der Waals surface area (Å²) in [7, 11) is 0. The largest absolute Gasteiger partial charge is 0.481 e. The van der Waals surface area contributed by atoms with Gasteiger partial charge in [-0.3, -0.25) is 4.79 Å². The van der Waals surface area contributed by atoms with E-state index in [1.54, 1.807) is 48.6 Å². The molecular weight excluding hydrogens is 320 g/mol. The minimum absolute atomic E-state index is 0.0644. The molecule has 0 aromatic rings. The number of carboxylic acids is 1. The summed E-state index contributed by atoms with van der Waals surface area (Å²) < 4.78 is 0. The predicted octanol–water partition coefficient (Wildman–Crippen LogP) is 3.13. The zero-order chi connectivity index (χ0) is 18.9. The van der Waals surface area contributed by atoms with E-state index in [9.17, 15) is 20.1 Å². The van der Waals surface area contributed by atoms with E-state index < -0.39 is 24.3 Å². The molecule has 0 amide bonds. The number of allylic oxidation sites excluding steroid dienone is 6. The Balaban J connectivity index is 3.96. The Kier molecular flexibility index (Phi) is 14.7. The first-order valence-electron chi connectivity index (χ1n) is 8.91. The van der Waals surface area contributed by atoms with Gasteiger partial charge in [0.05, 0.1) is 18.3 Å². The van der Waals surface area contributed by atoms with Gasteiger partial charge in [-0.2, -0.15) is 0 Å². The van der Waals surface area contributed by atoms with Gasteiger partial charge in [0, 0.05) is 6.42 Å². The summed E-state index contributed by atoms with van der Waals surface area (Å²) in [6.45, 7) is 2.09. The quantitative estimate of drug-likeness (QED) is 0.284. The lowest BCUT2D eigenvalue weighted by atomic mass is 10.1. The number of rotatable bonds is 14. The van der Waals surface area contributed by atoms with Crippen molar-refractivity contribution in [1.29, 1.82) is 0 Å². The number of aliphatic carboxylic acids is 1. The summed E-state index contributed by atoms with van der Waals surface area (Å²) in [5.41, 5.74) is 0. The molecule has 25 heavy (non-hydrogen) atoms. The fourth-order valence-corrected chi connectivity index (χ4v) is 2.09. The number of carboxylic acid groups (broad SMARTS) is 1. The van der Waals surface area contributed by atoms with Crippen molar-refractivity contribution in [3.05, 3.63) is 48.6 Å². The van der Waals surface area contributed by atoms with Crippen molar-refractivity contribution in [3.8, 4) is 0 Å². The van der Waals surface area contributed by atoms with Crippen molar-refractivity contribution in [2.24, 2.45) is 0 Å². The van der Waals surface area contributed by atoms with Crippen LogP contribution in [0.3, 0.4) is 0 Å². The number of aliphatic hydroxyl groups excluding tert-OH is 3. The first kappa shape index (κ1) is 23.3. The molecule has 0 aliphatic carbocycles. The Bertz CT molecular complexity index is 451. The molecule has 0 rings (SSSR count). The van der Waals surface area contributed by atoms with Gasteiger partial charge in [0.2, 0.25) is 0 Å². The minimum atomic E-state index is -0.855. The van der Waals surface area contributed by atoms with Crippen molar-refractivity contribution in [2.75, 3.05) is 0 Å². The second kappa shape index (κ2) is 15.8. The molecule has 0 fully saturated rings. The Morgan fingerprint density at radius 1 is 0.840 bits per heavy atom. The van der Waals surface area contributed by atoms with E-state index in [1.807, 2.05) is 0 Å². The van der Waals surface area contributed by atoms with E-state index in [4.69, 9.17) is 5.11 Å². The van der Waals surface area contributed by atoms with Crippen molar-refractivity contribution < 1.29 is 25.2 Å². The van der Waals surface area contributed by atoms with Crippen LogP contribution in [-0.4, -0.2) is 44.7 Å². The van der Waals surface area contributed by atoms with Crippen LogP contribution in [0.4, 0.5) is 0 Å². The molecule has 0 heterocycles. The molecule has 0 saturated heterocycles. The number of hydrogen-bond donors (Lipinski definition) is 4. The highest BCUT2D eigenvalue weighted by atomic mass is 16.4. The Morgan fingerprint density at radius 2 is 1.44 bits per heavy atom. The van der Waals surface area contributed by atoms with Crippen molar-refractivity contribution in [3.63, 3.8) is 0 Å². The molecule has 0 saturated carbocycles. The smallest absolute Gasteiger partial charge is 0.303 e. The highest BCUT2D eigenvalue weighted by Crippen LogP contribution is 2.07. The zero-order valence-electron chi connectivity index (χ0n) is 15.0. The molecule has 0 aromatic heterocycles. The van der Waals surface area contributed by atoms with Crippen LogP contribution in [0.2, 0.25) is 0 Å². The number of carbonyl (C=O) groups is 1. The third-order valence-electron chi connectivity index (χ3n) is 3.59. The molecule has 0 spiro atoms. The lowest BCUT2D eigenvalue weighted by Gasteiger charge is -2.13. The standard InChI is InChI=1S/C20H32O5/c1-2-3-8-14-18(22)19(23)15-10-7-5-4-6-9-12-17(21)13-11-16-20(24)25/h4-7,9-10,12,15,17-19,21-23H,2-3,8,11,13-14,16H2,1H3,(H,24,25)/b6-4-,7-5+,12-9+,15-10+/t17-,18+,19-/m1/s1. The van der Waals surface area contributed by atoms with E-state index in [1.165, 1.54) is 0 Å². The van der Waals surface area contributed by atoms with Crippen LogP contribution < -0.4 is 0 Å². The fraction of sp³-hybridized carbons (Fsp3) is 0.550. The molecule has 0 aromatic carbocycles. The topological polar surface area (TPSA) is 98.0 Å². The summed E-state index contributed by atoms with van der Waals surface area (Å²) in [5, 5.41) is 37.6. The average Bonchev–Trinajstić information content (AvgIpc) is 2.56. The van der Waals surface area contributed by atoms with Crippen LogP contribution in [0.5, 0.6) is 0 Å². The molecular formula is C20H32O5. The van der Waals surface area contributed by atoms with E-state index in [2.05, 4.69) is 6.92 Å². The van der Waals surface area contributed by atoms with Gasteiger partial charge in [0.15, 0.2) is 0 Å². The third-order valence-corrected chi connectivity index (χ3v) is 3.59. The van der Waals surface area contributed by atoms with Gasteiger partial charge in [0.1, 0.15) is 0 Å². The molecule has 3 atom stereocenters. The van der Waals surface area contributed by atoms with E-state index in [0.29, 0.717) is 19.3 Å². The van der Waals surface area contributed by atoms with Gasteiger partial charge in [0.25, 0.3) is 0 Å². The molecule has 0 unspecified atom stereocenters. The first-order chi connectivity index (χ1) is 12.0. The first-order valence-corrected chi connectivity index (χ1v) is 8.91. The summed E-state index contributed by atoms with van der Waals surface area (Å²) >= 11 is 0. The monoisotopic (exact) mass is 352 g/mol. The second-order valence-electron chi connectivity index (χ2n) is 5.95. The molecule has 0 radical (unpaired) electrons. The highest BCUT2D eigenvalue weighted by Gasteiger charge is 2.11. The molecule has 0 aliphatic rings. The predicted molar refractivity (Wildman–Crippen MR) is 100 cm³/mol. The number of hydrogen-bond acceptors (Lipinski definition) is 4. The number of unbranched alkanes of at least 4 members (excludes halogenated alkanes) is 2. The van der Waals surface area contributed by atoms with Crippen LogP contribution in [0.1, 0.15) is 51.9 Å². The van der Waals surface area contributed by atoms with Crippen LogP contribution in [0.25, 0.3) is 0 Å². The maximum absolute atomic E-state index is 10.4. The zero-order valence-corrected chi connectivity index (χ0v) is 15.0. The lowest BCUT2D eigenvalue weighted by molar-refractivity contribution is -0.137. The molecule has 5 heteroatoms. The van der Waals surface area contributed by atoms with E-state index in [-0.39, 0.29) is 6.42 Å². The Hall–Kier alpha value is -1.69. The molecule has 4 N–H and O–H groups in total. The van der Waals surface area contributed by atoms with Crippen molar-refractivity contribution in [2.45, 2.75) is 70.2 Å². The summed E-state index contributed by atoms with van der Waals surface area (Å²) in [6.07, 6.45) is 16.0. The SMILES string of the molecule is CCCCC[C@H](O)[C@H](O)/C=C/C=C/C=C\C=C\[C@@H](O)CCCC(=O)O. The van der Waals surface area contributed by atoms with Crippen molar-refractivity contribution in [1.82, 2.24) is 0 Å². The average molecular weight is 352 g/mol. The van der Waals surface area contributed by atoms with Gasteiger partial charge in [-0.1, -0.05) is 74.8 Å². The fourth-order valence-electron chi connectivity index (χ4n) is 2.09. The molecule has 0 bridgehead atoms.